The fraction of sp³-hybridized carbons (Fsp3) is 0.208. The summed E-state index contributed by atoms with van der Waals surface area (Å²) in [6, 6.07) is 26.0. The van der Waals surface area contributed by atoms with E-state index >= 15 is 0 Å². The first kappa shape index (κ1) is 20.1. The third-order valence-corrected chi connectivity index (χ3v) is 5.11. The molecule has 0 aliphatic rings. The Morgan fingerprint density at radius 2 is 1.25 bits per heavy atom. The monoisotopic (exact) mass is 393 g/mol. The first-order valence-electron chi connectivity index (χ1n) is 9.30. The minimum absolute atomic E-state index is 0.0398. The van der Waals surface area contributed by atoms with Crippen molar-refractivity contribution in [2.24, 2.45) is 11.7 Å². The second kappa shape index (κ2) is 8.59. The Morgan fingerprint density at radius 3 is 1.68 bits per heavy atom. The van der Waals surface area contributed by atoms with Crippen molar-refractivity contribution in [2.45, 2.75) is 25.5 Å². The quantitative estimate of drug-likeness (QED) is 0.465. The molecule has 0 saturated heterocycles. The zero-order chi connectivity index (χ0) is 20.1. The standard InChI is InChI=1S/C24H24ClNO2/c1-17(2)22(26)23(27)28-24(18-9-5-3-6-10-18,19-11-7-4-8-12-19)20-13-15-21(25)16-14-20/h3-17,22H,26H2,1-2H3/t22-/m0/s1. The molecule has 0 aromatic heterocycles. The van der Waals surface area contributed by atoms with E-state index < -0.39 is 17.6 Å². The zero-order valence-electron chi connectivity index (χ0n) is 16.0. The van der Waals surface area contributed by atoms with E-state index in [9.17, 15) is 4.79 Å². The maximum absolute atomic E-state index is 13.0. The van der Waals surface area contributed by atoms with Gasteiger partial charge in [0.2, 0.25) is 0 Å². The lowest BCUT2D eigenvalue weighted by Crippen LogP contribution is -2.44. The molecule has 1 atom stereocenters. The second-order valence-corrected chi connectivity index (χ2v) is 7.55. The predicted molar refractivity (Wildman–Crippen MR) is 113 cm³/mol. The van der Waals surface area contributed by atoms with Crippen LogP contribution in [0.15, 0.2) is 84.9 Å². The fourth-order valence-corrected chi connectivity index (χ4v) is 3.32. The van der Waals surface area contributed by atoms with Gasteiger partial charge in [0.1, 0.15) is 6.04 Å². The average molecular weight is 394 g/mol. The van der Waals surface area contributed by atoms with E-state index in [0.717, 1.165) is 16.7 Å². The maximum atomic E-state index is 13.0. The molecule has 0 fully saturated rings. The van der Waals surface area contributed by atoms with Crippen molar-refractivity contribution in [3.05, 3.63) is 107 Å². The van der Waals surface area contributed by atoms with E-state index in [1.165, 1.54) is 0 Å². The largest absolute Gasteiger partial charge is 0.443 e. The van der Waals surface area contributed by atoms with Crippen molar-refractivity contribution < 1.29 is 9.53 Å². The highest BCUT2D eigenvalue weighted by molar-refractivity contribution is 6.30. The summed E-state index contributed by atoms with van der Waals surface area (Å²) in [5, 5.41) is 0.615. The molecular weight excluding hydrogens is 370 g/mol. The predicted octanol–water partition coefficient (Wildman–Crippen LogP) is 5.16. The first-order valence-corrected chi connectivity index (χ1v) is 9.68. The Balaban J connectivity index is 2.26. The molecule has 0 aliphatic heterocycles. The molecule has 0 amide bonds. The Hall–Kier alpha value is -2.62. The lowest BCUT2D eigenvalue weighted by atomic mass is 9.80. The Kier molecular flexibility index (Phi) is 6.18. The molecule has 4 heteroatoms. The normalized spacial score (nSPS) is 12.6. The fourth-order valence-electron chi connectivity index (χ4n) is 3.20. The summed E-state index contributed by atoms with van der Waals surface area (Å²) in [6.07, 6.45) is 0. The molecule has 2 N–H and O–H groups in total. The van der Waals surface area contributed by atoms with Gasteiger partial charge in [0.05, 0.1) is 0 Å². The molecule has 28 heavy (non-hydrogen) atoms. The highest BCUT2D eigenvalue weighted by atomic mass is 35.5. The van der Waals surface area contributed by atoms with Crippen LogP contribution in [0, 0.1) is 5.92 Å². The van der Waals surface area contributed by atoms with Gasteiger partial charge in [-0.3, -0.25) is 4.79 Å². The van der Waals surface area contributed by atoms with Gasteiger partial charge in [-0.1, -0.05) is 98.2 Å². The summed E-state index contributed by atoms with van der Waals surface area (Å²) in [5.41, 5.74) is 7.49. The summed E-state index contributed by atoms with van der Waals surface area (Å²) in [6.45, 7) is 3.81. The lowest BCUT2D eigenvalue weighted by molar-refractivity contribution is -0.156. The van der Waals surface area contributed by atoms with Crippen LogP contribution >= 0.6 is 11.6 Å². The maximum Gasteiger partial charge on any atom is 0.324 e. The van der Waals surface area contributed by atoms with E-state index in [1.807, 2.05) is 86.6 Å². The molecule has 0 saturated carbocycles. The molecule has 3 nitrogen and oxygen atoms in total. The number of carbonyl (C=O) groups is 1. The van der Waals surface area contributed by atoms with E-state index in [-0.39, 0.29) is 5.92 Å². The van der Waals surface area contributed by atoms with Crippen LogP contribution < -0.4 is 5.73 Å². The molecule has 144 valence electrons. The van der Waals surface area contributed by atoms with Crippen LogP contribution in [0.25, 0.3) is 0 Å². The van der Waals surface area contributed by atoms with Crippen LogP contribution in [-0.2, 0) is 15.1 Å². The lowest BCUT2D eigenvalue weighted by Gasteiger charge is -2.36. The van der Waals surface area contributed by atoms with Crippen molar-refractivity contribution in [3.63, 3.8) is 0 Å². The molecule has 0 unspecified atom stereocenters. The number of rotatable bonds is 6. The van der Waals surface area contributed by atoms with Crippen molar-refractivity contribution in [3.8, 4) is 0 Å². The van der Waals surface area contributed by atoms with Gasteiger partial charge in [0.15, 0.2) is 5.60 Å². The van der Waals surface area contributed by atoms with Crippen molar-refractivity contribution >= 4 is 17.6 Å². The third kappa shape index (κ3) is 3.96. The van der Waals surface area contributed by atoms with Gasteiger partial charge in [-0.15, -0.1) is 0 Å². The topological polar surface area (TPSA) is 52.3 Å². The van der Waals surface area contributed by atoms with E-state index in [0.29, 0.717) is 5.02 Å². The third-order valence-electron chi connectivity index (χ3n) is 4.86. The van der Waals surface area contributed by atoms with Crippen LogP contribution in [0.2, 0.25) is 5.02 Å². The molecular formula is C24H24ClNO2. The SMILES string of the molecule is CC(C)[C@H](N)C(=O)OC(c1ccccc1)(c1ccccc1)c1ccc(Cl)cc1. The summed E-state index contributed by atoms with van der Waals surface area (Å²) in [7, 11) is 0. The van der Waals surface area contributed by atoms with Crippen LogP contribution in [-0.4, -0.2) is 12.0 Å². The van der Waals surface area contributed by atoms with E-state index in [1.54, 1.807) is 12.1 Å². The minimum atomic E-state index is -1.13. The first-order chi connectivity index (χ1) is 13.4. The van der Waals surface area contributed by atoms with Crippen molar-refractivity contribution in [2.75, 3.05) is 0 Å². The van der Waals surface area contributed by atoms with Crippen LogP contribution in [0.4, 0.5) is 0 Å². The van der Waals surface area contributed by atoms with Crippen molar-refractivity contribution in [1.82, 2.24) is 0 Å². The highest BCUT2D eigenvalue weighted by Crippen LogP contribution is 2.41. The molecule has 3 aromatic carbocycles. The highest BCUT2D eigenvalue weighted by Gasteiger charge is 2.41. The van der Waals surface area contributed by atoms with Crippen LogP contribution in [0.3, 0.4) is 0 Å². The van der Waals surface area contributed by atoms with Crippen molar-refractivity contribution in [1.29, 1.82) is 0 Å². The van der Waals surface area contributed by atoms with E-state index in [4.69, 9.17) is 22.1 Å². The summed E-state index contributed by atoms with van der Waals surface area (Å²) in [4.78, 5) is 13.0. The number of hydrogen-bond acceptors (Lipinski definition) is 3. The number of halogens is 1. The molecule has 0 spiro atoms. The second-order valence-electron chi connectivity index (χ2n) is 7.11. The Labute approximate surface area is 171 Å². The van der Waals surface area contributed by atoms with Gasteiger partial charge in [-0.05, 0) is 18.1 Å². The Morgan fingerprint density at radius 1 is 0.821 bits per heavy atom. The number of carbonyl (C=O) groups excluding carboxylic acids is 1. The molecule has 0 bridgehead atoms. The molecule has 0 aliphatic carbocycles. The van der Waals surface area contributed by atoms with Crippen LogP contribution in [0.1, 0.15) is 30.5 Å². The van der Waals surface area contributed by atoms with Gasteiger partial charge >= 0.3 is 5.97 Å². The molecule has 0 heterocycles. The van der Waals surface area contributed by atoms with Crippen LogP contribution in [0.5, 0.6) is 0 Å². The average Bonchev–Trinajstić information content (AvgIpc) is 2.73. The summed E-state index contributed by atoms with van der Waals surface area (Å²) in [5.74, 6) is -0.486. The number of nitrogens with two attached hydrogens (primary N) is 1. The number of esters is 1. The zero-order valence-corrected chi connectivity index (χ0v) is 16.8. The minimum Gasteiger partial charge on any atom is -0.443 e. The summed E-state index contributed by atoms with van der Waals surface area (Å²) >= 11 is 6.12. The smallest absolute Gasteiger partial charge is 0.324 e. The molecule has 0 radical (unpaired) electrons. The number of benzene rings is 3. The molecule has 3 aromatic rings. The van der Waals surface area contributed by atoms with Gasteiger partial charge < -0.3 is 10.5 Å². The van der Waals surface area contributed by atoms with Gasteiger partial charge in [-0.25, -0.2) is 0 Å². The van der Waals surface area contributed by atoms with E-state index in [2.05, 4.69) is 0 Å². The molecule has 3 rings (SSSR count). The van der Waals surface area contributed by atoms with Gasteiger partial charge in [-0.2, -0.15) is 0 Å². The number of hydrogen-bond donors (Lipinski definition) is 1. The van der Waals surface area contributed by atoms with Gasteiger partial charge in [0.25, 0.3) is 0 Å². The van der Waals surface area contributed by atoms with Gasteiger partial charge in [0, 0.05) is 21.7 Å². The Bertz CT molecular complexity index is 869. The summed E-state index contributed by atoms with van der Waals surface area (Å²) < 4.78 is 6.25. The number of ether oxygens (including phenoxy) is 1.